The zero-order chi connectivity index (χ0) is 11.7. The molecule has 0 aliphatic carbocycles. The van der Waals surface area contributed by atoms with Gasteiger partial charge in [-0.25, -0.2) is 0 Å². The molecule has 0 aromatic rings. The second-order valence-corrected chi connectivity index (χ2v) is 4.97. The van der Waals surface area contributed by atoms with Crippen LogP contribution in [0.3, 0.4) is 0 Å². The SMILES string of the molecule is CC1CC(N2CN(C)N=N2)CN(C)C1CO. The molecule has 0 aromatic carbocycles. The van der Waals surface area contributed by atoms with E-state index in [1.807, 2.05) is 17.1 Å². The van der Waals surface area contributed by atoms with E-state index in [4.69, 9.17) is 0 Å². The minimum atomic E-state index is 0.242. The zero-order valence-corrected chi connectivity index (χ0v) is 10.2. The van der Waals surface area contributed by atoms with Crippen molar-refractivity contribution in [3.63, 3.8) is 0 Å². The van der Waals surface area contributed by atoms with Crippen LogP contribution in [0.25, 0.3) is 0 Å². The van der Waals surface area contributed by atoms with Gasteiger partial charge in [0.1, 0.15) is 6.67 Å². The topological polar surface area (TPSA) is 54.7 Å². The number of nitrogens with zero attached hydrogens (tertiary/aromatic N) is 5. The number of piperidine rings is 1. The molecule has 92 valence electrons. The van der Waals surface area contributed by atoms with Gasteiger partial charge in [0.2, 0.25) is 0 Å². The van der Waals surface area contributed by atoms with E-state index in [1.54, 1.807) is 0 Å². The number of likely N-dealkylation sites (tertiary alicyclic amines) is 1. The third kappa shape index (κ3) is 2.12. The van der Waals surface area contributed by atoms with E-state index < -0.39 is 0 Å². The molecule has 2 rings (SSSR count). The Labute approximate surface area is 96.5 Å². The molecule has 0 spiro atoms. The highest BCUT2D eigenvalue weighted by atomic mass is 16.3. The smallest absolute Gasteiger partial charge is 0.127 e. The van der Waals surface area contributed by atoms with Gasteiger partial charge in [0.05, 0.1) is 12.6 Å². The predicted molar refractivity (Wildman–Crippen MR) is 60.4 cm³/mol. The molecule has 6 heteroatoms. The molecule has 0 radical (unpaired) electrons. The molecule has 3 atom stereocenters. The molecule has 0 bridgehead atoms. The monoisotopic (exact) mass is 227 g/mol. The van der Waals surface area contributed by atoms with Crippen LogP contribution in [0.5, 0.6) is 0 Å². The van der Waals surface area contributed by atoms with E-state index >= 15 is 0 Å². The molecule has 2 heterocycles. The highest BCUT2D eigenvalue weighted by molar-refractivity contribution is 4.88. The molecular formula is C10H21N5O. The van der Waals surface area contributed by atoms with Crippen molar-refractivity contribution in [1.29, 1.82) is 0 Å². The molecule has 16 heavy (non-hydrogen) atoms. The Bertz CT molecular complexity index is 260. The van der Waals surface area contributed by atoms with Crippen molar-refractivity contribution in [2.75, 3.05) is 33.9 Å². The molecule has 1 N–H and O–H groups in total. The third-order valence-electron chi connectivity index (χ3n) is 3.63. The lowest BCUT2D eigenvalue weighted by atomic mass is 9.88. The average Bonchev–Trinajstić information content (AvgIpc) is 2.64. The summed E-state index contributed by atoms with van der Waals surface area (Å²) in [5.41, 5.74) is 0. The van der Waals surface area contributed by atoms with Crippen LogP contribution in [0, 0.1) is 5.92 Å². The first-order chi connectivity index (χ1) is 7.61. The summed E-state index contributed by atoms with van der Waals surface area (Å²) in [4.78, 5) is 2.23. The first kappa shape index (κ1) is 11.6. The first-order valence-corrected chi connectivity index (χ1v) is 5.82. The van der Waals surface area contributed by atoms with Crippen LogP contribution < -0.4 is 0 Å². The van der Waals surface area contributed by atoms with Crippen LogP contribution in [-0.2, 0) is 0 Å². The van der Waals surface area contributed by atoms with Crippen molar-refractivity contribution in [3.05, 3.63) is 0 Å². The van der Waals surface area contributed by atoms with Crippen molar-refractivity contribution in [2.24, 2.45) is 16.4 Å². The van der Waals surface area contributed by atoms with Crippen molar-refractivity contribution >= 4 is 0 Å². The van der Waals surface area contributed by atoms with E-state index in [0.29, 0.717) is 12.0 Å². The summed E-state index contributed by atoms with van der Waals surface area (Å²) < 4.78 is 0. The summed E-state index contributed by atoms with van der Waals surface area (Å²) in [7, 11) is 4.00. The Balaban J connectivity index is 1.97. The normalized spacial score (nSPS) is 36.1. The molecule has 2 aliphatic heterocycles. The summed E-state index contributed by atoms with van der Waals surface area (Å²) in [5, 5.41) is 21.4. The largest absolute Gasteiger partial charge is 0.395 e. The predicted octanol–water partition coefficient (Wildman–Crippen LogP) is 0.175. The lowest BCUT2D eigenvalue weighted by Gasteiger charge is -2.42. The summed E-state index contributed by atoms with van der Waals surface area (Å²) >= 11 is 0. The highest BCUT2D eigenvalue weighted by Gasteiger charge is 2.35. The fraction of sp³-hybridized carbons (Fsp3) is 1.00. The van der Waals surface area contributed by atoms with Crippen LogP contribution in [0.2, 0.25) is 0 Å². The van der Waals surface area contributed by atoms with Gasteiger partial charge in [-0.05, 0) is 19.4 Å². The fourth-order valence-corrected chi connectivity index (χ4v) is 2.67. The van der Waals surface area contributed by atoms with E-state index in [-0.39, 0.29) is 12.6 Å². The number of aliphatic hydroxyl groups excluding tert-OH is 1. The number of rotatable bonds is 2. The quantitative estimate of drug-likeness (QED) is 0.731. The van der Waals surface area contributed by atoms with E-state index in [2.05, 4.69) is 29.3 Å². The van der Waals surface area contributed by atoms with E-state index in [1.165, 1.54) is 0 Å². The molecule has 1 saturated heterocycles. The van der Waals surface area contributed by atoms with Crippen molar-refractivity contribution < 1.29 is 5.11 Å². The lowest BCUT2D eigenvalue weighted by Crippen LogP contribution is -2.54. The van der Waals surface area contributed by atoms with Crippen LogP contribution >= 0.6 is 0 Å². The Morgan fingerprint density at radius 2 is 2.06 bits per heavy atom. The molecule has 0 aromatic heterocycles. The summed E-state index contributed by atoms with van der Waals surface area (Å²) in [5.74, 6) is 0.495. The first-order valence-electron chi connectivity index (χ1n) is 5.82. The van der Waals surface area contributed by atoms with E-state index in [0.717, 1.165) is 19.6 Å². The van der Waals surface area contributed by atoms with Crippen molar-refractivity contribution in [1.82, 2.24) is 14.9 Å². The maximum Gasteiger partial charge on any atom is 0.127 e. The Morgan fingerprint density at radius 3 is 2.56 bits per heavy atom. The molecule has 2 aliphatic rings. The van der Waals surface area contributed by atoms with Crippen LogP contribution in [0.15, 0.2) is 10.4 Å². The molecule has 0 saturated carbocycles. The van der Waals surface area contributed by atoms with Crippen LogP contribution in [0.1, 0.15) is 13.3 Å². The van der Waals surface area contributed by atoms with Gasteiger partial charge in [-0.1, -0.05) is 17.4 Å². The summed E-state index contributed by atoms with van der Waals surface area (Å²) in [6.45, 7) is 4.16. The molecule has 6 nitrogen and oxygen atoms in total. The van der Waals surface area contributed by atoms with Crippen LogP contribution in [-0.4, -0.2) is 66.0 Å². The summed E-state index contributed by atoms with van der Waals surface area (Å²) in [6.07, 6.45) is 1.07. The minimum Gasteiger partial charge on any atom is -0.395 e. The number of hydrogen-bond donors (Lipinski definition) is 1. The number of hydrogen-bond acceptors (Lipinski definition) is 6. The Morgan fingerprint density at radius 1 is 1.31 bits per heavy atom. The highest BCUT2D eigenvalue weighted by Crippen LogP contribution is 2.26. The Kier molecular flexibility index (Phi) is 3.30. The maximum atomic E-state index is 9.32. The molecular weight excluding hydrogens is 206 g/mol. The van der Waals surface area contributed by atoms with Gasteiger partial charge in [-0.2, -0.15) is 0 Å². The number of likely N-dealkylation sites (N-methyl/N-ethyl adjacent to an activating group) is 1. The molecule has 0 amide bonds. The molecule has 1 fully saturated rings. The summed E-state index contributed by atoms with van der Waals surface area (Å²) in [6, 6.07) is 0.699. The molecule has 3 unspecified atom stereocenters. The zero-order valence-electron chi connectivity index (χ0n) is 10.2. The fourth-order valence-electron chi connectivity index (χ4n) is 2.67. The van der Waals surface area contributed by atoms with Crippen molar-refractivity contribution in [2.45, 2.75) is 25.4 Å². The minimum absolute atomic E-state index is 0.242. The Hall–Kier alpha value is -0.880. The second kappa shape index (κ2) is 4.55. The van der Waals surface area contributed by atoms with Crippen molar-refractivity contribution in [3.8, 4) is 0 Å². The third-order valence-corrected chi connectivity index (χ3v) is 3.63. The van der Waals surface area contributed by atoms with E-state index in [9.17, 15) is 5.11 Å². The number of aliphatic hydroxyl groups is 1. The van der Waals surface area contributed by atoms with Gasteiger partial charge in [-0.15, -0.1) is 0 Å². The standard InChI is InChI=1S/C10H21N5O/c1-8-4-9(5-13(2)10(8)6-16)15-7-14(3)11-12-15/h8-10,16H,4-7H2,1-3H3. The van der Waals surface area contributed by atoms with Gasteiger partial charge in [0.25, 0.3) is 0 Å². The second-order valence-electron chi connectivity index (χ2n) is 4.97. The average molecular weight is 227 g/mol. The van der Waals surface area contributed by atoms with Crippen LogP contribution in [0.4, 0.5) is 0 Å². The van der Waals surface area contributed by atoms with Gasteiger partial charge in [0.15, 0.2) is 0 Å². The van der Waals surface area contributed by atoms with Gasteiger partial charge in [-0.3, -0.25) is 14.9 Å². The van der Waals surface area contributed by atoms with Gasteiger partial charge in [0, 0.05) is 19.6 Å². The van der Waals surface area contributed by atoms with Gasteiger partial charge < -0.3 is 5.11 Å². The van der Waals surface area contributed by atoms with Gasteiger partial charge >= 0.3 is 0 Å². The maximum absolute atomic E-state index is 9.32. The lowest BCUT2D eigenvalue weighted by molar-refractivity contribution is 0.0145.